The van der Waals surface area contributed by atoms with Crippen LogP contribution in [0.15, 0.2) is 59.1 Å². The van der Waals surface area contributed by atoms with E-state index in [9.17, 15) is 29.4 Å². The van der Waals surface area contributed by atoms with Gasteiger partial charge in [0.05, 0.1) is 16.8 Å². The zero-order chi connectivity index (χ0) is 22.5. The minimum Gasteiger partial charge on any atom is -0.462 e. The third-order valence-electron chi connectivity index (χ3n) is 4.39. The van der Waals surface area contributed by atoms with Crippen LogP contribution in [0, 0.1) is 27.3 Å². The van der Waals surface area contributed by atoms with Crippen LogP contribution in [0.5, 0.6) is 0 Å². The van der Waals surface area contributed by atoms with E-state index < -0.39 is 27.9 Å². The Morgan fingerprint density at radius 1 is 1.32 bits per heavy atom. The van der Waals surface area contributed by atoms with Crippen LogP contribution in [0.1, 0.15) is 12.5 Å². The van der Waals surface area contributed by atoms with Crippen molar-refractivity contribution in [3.8, 4) is 6.07 Å². The van der Waals surface area contributed by atoms with Crippen molar-refractivity contribution in [1.29, 1.82) is 5.26 Å². The molecule has 0 aromatic heterocycles. The molecule has 0 spiro atoms. The second-order valence-corrected chi connectivity index (χ2v) is 7.59. The molecular weight excluding hydrogens is 425 g/mol. The van der Waals surface area contributed by atoms with Crippen LogP contribution in [0.25, 0.3) is 0 Å². The smallest absolute Gasteiger partial charge is 0.351 e. The Bertz CT molecular complexity index is 1110. The topological polar surface area (TPSA) is 114 Å². The normalized spacial score (nSPS) is 17.3. The molecule has 1 fully saturated rings. The van der Waals surface area contributed by atoms with E-state index in [1.54, 1.807) is 19.1 Å². The lowest BCUT2D eigenvalue weighted by Gasteiger charge is -2.18. The van der Waals surface area contributed by atoms with Crippen molar-refractivity contribution < 1.29 is 23.6 Å². The molecule has 1 aliphatic rings. The largest absolute Gasteiger partial charge is 0.462 e. The maximum atomic E-state index is 13.4. The highest BCUT2D eigenvalue weighted by molar-refractivity contribution is 8.05. The lowest BCUT2D eigenvalue weighted by atomic mass is 10.1. The maximum Gasteiger partial charge on any atom is 0.351 e. The predicted octanol–water partition coefficient (Wildman–Crippen LogP) is 3.72. The summed E-state index contributed by atoms with van der Waals surface area (Å²) in [5.74, 6) is -1.81. The molecule has 0 aliphatic carbocycles. The van der Waals surface area contributed by atoms with Crippen molar-refractivity contribution in [2.75, 3.05) is 11.5 Å². The number of nitro benzene ring substituents is 1. The molecule has 0 bridgehead atoms. The molecule has 10 heteroatoms. The molecule has 1 aliphatic heterocycles. The van der Waals surface area contributed by atoms with Crippen LogP contribution < -0.4 is 4.90 Å². The summed E-state index contributed by atoms with van der Waals surface area (Å²) >= 11 is 0.991. The standard InChI is InChI=1S/C21H16FN3O5S/c1-2-30-21(27)17(12-23)20-24(15-8-6-14(22)7-9-15)19(26)18(31-20)11-13-4-3-5-16(10-13)25(28)29/h3-10,18H,2,11H2,1H3/b20-17-. The second kappa shape index (κ2) is 9.40. The third kappa shape index (κ3) is 4.73. The quantitative estimate of drug-likeness (QED) is 0.221. The molecule has 0 saturated carbocycles. The van der Waals surface area contributed by atoms with Gasteiger partial charge in [-0.05, 0) is 43.2 Å². The Morgan fingerprint density at radius 2 is 2.03 bits per heavy atom. The summed E-state index contributed by atoms with van der Waals surface area (Å²) in [6, 6.07) is 12.7. The number of ether oxygens (including phenoxy) is 1. The van der Waals surface area contributed by atoms with Crippen LogP contribution in [0.4, 0.5) is 15.8 Å². The number of carbonyl (C=O) groups excluding carboxylic acids is 2. The van der Waals surface area contributed by atoms with Gasteiger partial charge in [-0.25, -0.2) is 9.18 Å². The first-order valence-corrected chi connectivity index (χ1v) is 10.0. The maximum absolute atomic E-state index is 13.4. The highest BCUT2D eigenvalue weighted by Crippen LogP contribution is 2.42. The number of nitriles is 1. The number of nitrogens with zero attached hydrogens (tertiary/aromatic N) is 3. The number of halogens is 1. The number of carbonyl (C=O) groups is 2. The first-order chi connectivity index (χ1) is 14.8. The van der Waals surface area contributed by atoms with Gasteiger partial charge >= 0.3 is 5.97 Å². The Labute approximate surface area is 181 Å². The number of thioether (sulfide) groups is 1. The van der Waals surface area contributed by atoms with Crippen molar-refractivity contribution in [1.82, 2.24) is 0 Å². The van der Waals surface area contributed by atoms with Gasteiger partial charge in [-0.2, -0.15) is 5.26 Å². The van der Waals surface area contributed by atoms with Gasteiger partial charge in [0.1, 0.15) is 16.9 Å². The minimum atomic E-state index is -0.872. The molecule has 158 valence electrons. The van der Waals surface area contributed by atoms with Crippen LogP contribution in [-0.4, -0.2) is 28.7 Å². The van der Waals surface area contributed by atoms with Gasteiger partial charge in [0, 0.05) is 17.8 Å². The van der Waals surface area contributed by atoms with Gasteiger partial charge in [-0.15, -0.1) is 0 Å². The van der Waals surface area contributed by atoms with Crippen LogP contribution in [0.3, 0.4) is 0 Å². The fourth-order valence-corrected chi connectivity index (χ4v) is 4.31. The number of benzene rings is 2. The first kappa shape index (κ1) is 22.0. The Morgan fingerprint density at radius 3 is 2.65 bits per heavy atom. The third-order valence-corrected chi connectivity index (χ3v) is 5.65. The van der Waals surface area contributed by atoms with E-state index in [1.807, 2.05) is 0 Å². The van der Waals surface area contributed by atoms with Gasteiger partial charge in [0.2, 0.25) is 5.91 Å². The van der Waals surface area contributed by atoms with Gasteiger partial charge in [-0.1, -0.05) is 23.9 Å². The average molecular weight is 441 g/mol. The highest BCUT2D eigenvalue weighted by Gasteiger charge is 2.41. The van der Waals surface area contributed by atoms with Crippen LogP contribution in [0.2, 0.25) is 0 Å². The van der Waals surface area contributed by atoms with E-state index in [0.717, 1.165) is 23.9 Å². The SMILES string of the molecule is CCOC(=O)/C(C#N)=C1\SC(Cc2cccc([N+](=O)[O-])c2)C(=O)N1c1ccc(F)cc1. The summed E-state index contributed by atoms with van der Waals surface area (Å²) in [7, 11) is 0. The molecule has 2 aromatic rings. The van der Waals surface area contributed by atoms with Crippen molar-refractivity contribution in [3.63, 3.8) is 0 Å². The molecule has 1 atom stereocenters. The fourth-order valence-electron chi connectivity index (χ4n) is 3.01. The van der Waals surface area contributed by atoms with Crippen LogP contribution in [-0.2, 0) is 20.7 Å². The van der Waals surface area contributed by atoms with Crippen molar-refractivity contribution in [2.24, 2.45) is 0 Å². The monoisotopic (exact) mass is 441 g/mol. The number of hydrogen-bond acceptors (Lipinski definition) is 7. The molecular formula is C21H16FN3O5S. The average Bonchev–Trinajstić information content (AvgIpc) is 3.05. The predicted molar refractivity (Wildman–Crippen MR) is 111 cm³/mol. The fraction of sp³-hybridized carbons (Fsp3) is 0.190. The van der Waals surface area contributed by atoms with Crippen molar-refractivity contribution in [2.45, 2.75) is 18.6 Å². The zero-order valence-electron chi connectivity index (χ0n) is 16.3. The molecule has 1 saturated heterocycles. The van der Waals surface area contributed by atoms with Gasteiger partial charge in [0.25, 0.3) is 5.69 Å². The van der Waals surface area contributed by atoms with E-state index in [2.05, 4.69) is 0 Å². The van der Waals surface area contributed by atoms with Crippen molar-refractivity contribution >= 4 is 35.0 Å². The summed E-state index contributed by atoms with van der Waals surface area (Å²) in [6.45, 7) is 1.64. The van der Waals surface area contributed by atoms with E-state index in [-0.39, 0.29) is 35.0 Å². The number of rotatable bonds is 6. The summed E-state index contributed by atoms with van der Waals surface area (Å²) < 4.78 is 18.3. The number of hydrogen-bond donors (Lipinski definition) is 0. The molecule has 1 amide bonds. The summed E-state index contributed by atoms with van der Waals surface area (Å²) in [5, 5.41) is 19.9. The number of amides is 1. The Kier molecular flexibility index (Phi) is 6.67. The minimum absolute atomic E-state index is 0.0452. The molecule has 2 aromatic carbocycles. The Balaban J connectivity index is 2.03. The van der Waals surface area contributed by atoms with Gasteiger partial charge in [-0.3, -0.25) is 19.8 Å². The van der Waals surface area contributed by atoms with Crippen LogP contribution >= 0.6 is 11.8 Å². The second-order valence-electron chi connectivity index (χ2n) is 6.40. The molecule has 1 heterocycles. The first-order valence-electron chi connectivity index (χ1n) is 9.16. The summed E-state index contributed by atoms with van der Waals surface area (Å²) in [6.07, 6.45) is 0.133. The molecule has 31 heavy (non-hydrogen) atoms. The lowest BCUT2D eigenvalue weighted by Crippen LogP contribution is -2.30. The molecule has 3 rings (SSSR count). The summed E-state index contributed by atoms with van der Waals surface area (Å²) in [4.78, 5) is 37.2. The van der Waals surface area contributed by atoms with Gasteiger partial charge in [0.15, 0.2) is 5.57 Å². The van der Waals surface area contributed by atoms with E-state index in [1.165, 1.54) is 35.2 Å². The van der Waals surface area contributed by atoms with E-state index in [4.69, 9.17) is 4.74 Å². The highest BCUT2D eigenvalue weighted by atomic mass is 32.2. The van der Waals surface area contributed by atoms with E-state index in [0.29, 0.717) is 5.56 Å². The number of anilines is 1. The molecule has 8 nitrogen and oxygen atoms in total. The number of non-ortho nitro benzene ring substituents is 1. The molecule has 1 unspecified atom stereocenters. The number of esters is 1. The lowest BCUT2D eigenvalue weighted by molar-refractivity contribution is -0.384. The summed E-state index contributed by atoms with van der Waals surface area (Å²) in [5.41, 5.74) is 0.386. The van der Waals surface area contributed by atoms with Gasteiger partial charge < -0.3 is 4.74 Å². The molecule has 0 N–H and O–H groups in total. The van der Waals surface area contributed by atoms with Crippen molar-refractivity contribution in [3.05, 3.63) is 80.6 Å². The number of nitro groups is 1. The molecule has 0 radical (unpaired) electrons. The Hall–Kier alpha value is -3.71. The van der Waals surface area contributed by atoms with E-state index >= 15 is 0 Å². The zero-order valence-corrected chi connectivity index (χ0v) is 17.1.